The summed E-state index contributed by atoms with van der Waals surface area (Å²) >= 11 is 6.22. The van der Waals surface area contributed by atoms with Gasteiger partial charge in [-0.05, 0) is 18.9 Å². The topological polar surface area (TPSA) is 55.8 Å². The Bertz CT molecular complexity index is 527. The summed E-state index contributed by atoms with van der Waals surface area (Å²) in [6.07, 6.45) is 3.58. The molecular formula is C13H16ClO4P. The molecule has 1 spiro atoms. The van der Waals surface area contributed by atoms with Gasteiger partial charge < -0.3 is 4.89 Å². The first-order valence-electron chi connectivity index (χ1n) is 6.43. The molecule has 1 heterocycles. The molecule has 4 nitrogen and oxygen atoms in total. The third kappa shape index (κ3) is 2.48. The van der Waals surface area contributed by atoms with Crippen LogP contribution in [0.15, 0.2) is 24.3 Å². The maximum atomic E-state index is 11.7. The van der Waals surface area contributed by atoms with Gasteiger partial charge in [-0.25, -0.2) is 4.57 Å². The Morgan fingerprint density at radius 1 is 1.32 bits per heavy atom. The molecule has 1 saturated carbocycles. The molecule has 2 atom stereocenters. The van der Waals surface area contributed by atoms with Crippen molar-refractivity contribution in [2.45, 2.75) is 31.8 Å². The molecule has 6 heteroatoms. The predicted molar refractivity (Wildman–Crippen MR) is 72.0 cm³/mol. The van der Waals surface area contributed by atoms with E-state index in [0.717, 1.165) is 31.2 Å². The summed E-state index contributed by atoms with van der Waals surface area (Å²) < 4.78 is 22.2. The molecule has 0 radical (unpaired) electrons. The number of phosphoric ester groups is 1. The van der Waals surface area contributed by atoms with Crippen LogP contribution in [0.5, 0.6) is 0 Å². The first-order chi connectivity index (χ1) is 9.03. The van der Waals surface area contributed by atoms with E-state index in [0.29, 0.717) is 5.02 Å². The Morgan fingerprint density at radius 2 is 2.00 bits per heavy atom. The minimum atomic E-state index is -3.97. The van der Waals surface area contributed by atoms with Crippen LogP contribution in [-0.2, 0) is 13.6 Å². The number of rotatable bonds is 1. The highest BCUT2D eigenvalue weighted by atomic mass is 35.5. The summed E-state index contributed by atoms with van der Waals surface area (Å²) in [6.45, 7) is 0.261. The second kappa shape index (κ2) is 4.87. The van der Waals surface area contributed by atoms with Crippen molar-refractivity contribution in [2.24, 2.45) is 5.41 Å². The van der Waals surface area contributed by atoms with E-state index < -0.39 is 13.9 Å². The molecular weight excluding hydrogens is 287 g/mol. The average molecular weight is 303 g/mol. The van der Waals surface area contributed by atoms with E-state index in [1.807, 2.05) is 18.2 Å². The highest BCUT2D eigenvalue weighted by molar-refractivity contribution is 7.47. The van der Waals surface area contributed by atoms with Crippen molar-refractivity contribution < 1.29 is 18.5 Å². The molecule has 2 unspecified atom stereocenters. The summed E-state index contributed by atoms with van der Waals surface area (Å²) in [4.78, 5) is 9.61. The van der Waals surface area contributed by atoms with Crippen LogP contribution in [0.25, 0.3) is 0 Å². The SMILES string of the molecule is O=P1(O)OCC2(CCCC2)C(c2ccccc2Cl)O1. The first-order valence-corrected chi connectivity index (χ1v) is 8.30. The number of hydrogen-bond acceptors (Lipinski definition) is 3. The summed E-state index contributed by atoms with van der Waals surface area (Å²) in [5, 5.41) is 0.570. The average Bonchev–Trinajstić information content (AvgIpc) is 2.83. The lowest BCUT2D eigenvalue weighted by Crippen LogP contribution is -2.36. The van der Waals surface area contributed by atoms with E-state index in [9.17, 15) is 9.46 Å². The normalized spacial score (nSPS) is 33.7. The van der Waals surface area contributed by atoms with E-state index in [2.05, 4.69) is 0 Å². The Hall–Kier alpha value is -0.380. The molecule has 104 valence electrons. The smallest absolute Gasteiger partial charge is 0.302 e. The molecule has 3 rings (SSSR count). The van der Waals surface area contributed by atoms with Crippen molar-refractivity contribution in [2.75, 3.05) is 6.61 Å². The van der Waals surface area contributed by atoms with Gasteiger partial charge in [0.05, 0.1) is 6.61 Å². The molecule has 1 aromatic carbocycles. The van der Waals surface area contributed by atoms with Gasteiger partial charge in [0.2, 0.25) is 0 Å². The summed E-state index contributed by atoms with van der Waals surface area (Å²) in [6, 6.07) is 7.34. The molecule has 0 amide bonds. The maximum absolute atomic E-state index is 11.7. The highest BCUT2D eigenvalue weighted by Crippen LogP contribution is 2.63. The molecule has 19 heavy (non-hydrogen) atoms. The standard InChI is InChI=1S/C13H16ClO4P/c14-11-6-2-1-5-10(11)12-13(7-3-4-8-13)9-17-19(15,16)18-12/h1-2,5-6,12H,3-4,7-9H2,(H,15,16). The predicted octanol–water partition coefficient (Wildman–Crippen LogP) is 4.09. The molecule has 0 bridgehead atoms. The van der Waals surface area contributed by atoms with Crippen molar-refractivity contribution in [1.82, 2.24) is 0 Å². The van der Waals surface area contributed by atoms with E-state index >= 15 is 0 Å². The zero-order chi connectivity index (χ0) is 13.5. The minimum Gasteiger partial charge on any atom is -0.302 e. The van der Waals surface area contributed by atoms with Gasteiger partial charge in [-0.1, -0.05) is 42.6 Å². The second-order valence-corrected chi connectivity index (χ2v) is 7.13. The summed E-state index contributed by atoms with van der Waals surface area (Å²) in [5.74, 6) is 0. The maximum Gasteiger partial charge on any atom is 0.472 e. The van der Waals surface area contributed by atoms with E-state index in [4.69, 9.17) is 20.6 Å². The zero-order valence-corrected chi connectivity index (χ0v) is 12.1. The van der Waals surface area contributed by atoms with Gasteiger partial charge in [-0.15, -0.1) is 0 Å². The third-order valence-corrected chi connectivity index (χ3v) is 5.37. The fraction of sp³-hybridized carbons (Fsp3) is 0.538. The minimum absolute atomic E-state index is 0.221. The number of hydrogen-bond donors (Lipinski definition) is 1. The number of benzene rings is 1. The fourth-order valence-corrected chi connectivity index (χ4v) is 4.44. The zero-order valence-electron chi connectivity index (χ0n) is 10.4. The second-order valence-electron chi connectivity index (χ2n) is 5.32. The fourth-order valence-electron chi connectivity index (χ4n) is 3.12. The van der Waals surface area contributed by atoms with Crippen LogP contribution in [0.4, 0.5) is 0 Å². The van der Waals surface area contributed by atoms with Crippen molar-refractivity contribution in [3.05, 3.63) is 34.9 Å². The van der Waals surface area contributed by atoms with Crippen LogP contribution in [0.2, 0.25) is 5.02 Å². The van der Waals surface area contributed by atoms with Crippen LogP contribution in [0, 0.1) is 5.41 Å². The van der Waals surface area contributed by atoms with Gasteiger partial charge in [0.1, 0.15) is 6.10 Å². The molecule has 1 aliphatic heterocycles. The molecule has 1 aliphatic carbocycles. The summed E-state index contributed by atoms with van der Waals surface area (Å²) in [7, 11) is -3.97. The van der Waals surface area contributed by atoms with Crippen molar-refractivity contribution >= 4 is 19.4 Å². The summed E-state index contributed by atoms with van der Waals surface area (Å²) in [5.41, 5.74) is 0.561. The first kappa shape index (κ1) is 13.6. The molecule has 1 aromatic rings. The monoisotopic (exact) mass is 302 g/mol. The molecule has 1 N–H and O–H groups in total. The van der Waals surface area contributed by atoms with Crippen LogP contribution >= 0.6 is 19.4 Å². The Labute approximate surface area is 117 Å². The Balaban J connectivity index is 2.03. The quantitative estimate of drug-likeness (QED) is 0.794. The van der Waals surface area contributed by atoms with Gasteiger partial charge in [0.15, 0.2) is 0 Å². The van der Waals surface area contributed by atoms with Crippen molar-refractivity contribution in [3.63, 3.8) is 0 Å². The van der Waals surface area contributed by atoms with E-state index in [-0.39, 0.29) is 12.0 Å². The molecule has 0 aromatic heterocycles. The molecule has 1 saturated heterocycles. The van der Waals surface area contributed by atoms with Crippen LogP contribution < -0.4 is 0 Å². The van der Waals surface area contributed by atoms with Crippen LogP contribution in [0.3, 0.4) is 0 Å². The lowest BCUT2D eigenvalue weighted by Gasteiger charge is -2.42. The van der Waals surface area contributed by atoms with Crippen LogP contribution in [0.1, 0.15) is 37.4 Å². The third-order valence-electron chi connectivity index (χ3n) is 4.10. The Kier molecular flexibility index (Phi) is 3.48. The lowest BCUT2D eigenvalue weighted by atomic mass is 9.78. The molecule has 2 fully saturated rings. The Morgan fingerprint density at radius 3 is 2.68 bits per heavy atom. The lowest BCUT2D eigenvalue weighted by molar-refractivity contribution is -0.0634. The van der Waals surface area contributed by atoms with Gasteiger partial charge in [0.25, 0.3) is 0 Å². The van der Waals surface area contributed by atoms with Gasteiger partial charge >= 0.3 is 7.82 Å². The van der Waals surface area contributed by atoms with Crippen molar-refractivity contribution in [3.8, 4) is 0 Å². The highest BCUT2D eigenvalue weighted by Gasteiger charge is 2.51. The van der Waals surface area contributed by atoms with Gasteiger partial charge in [-0.2, -0.15) is 0 Å². The van der Waals surface area contributed by atoms with E-state index in [1.54, 1.807) is 6.07 Å². The number of halogens is 1. The largest absolute Gasteiger partial charge is 0.472 e. The van der Waals surface area contributed by atoms with E-state index in [1.165, 1.54) is 0 Å². The molecule has 2 aliphatic rings. The van der Waals surface area contributed by atoms with Crippen molar-refractivity contribution in [1.29, 1.82) is 0 Å². The van der Waals surface area contributed by atoms with Crippen LogP contribution in [-0.4, -0.2) is 11.5 Å². The van der Waals surface area contributed by atoms with Gasteiger partial charge in [0, 0.05) is 16.0 Å². The van der Waals surface area contributed by atoms with Gasteiger partial charge in [-0.3, -0.25) is 9.05 Å². The number of phosphoric acid groups is 1.